The molecule has 0 saturated heterocycles. The van der Waals surface area contributed by atoms with Crippen molar-refractivity contribution in [3.8, 4) is 0 Å². The van der Waals surface area contributed by atoms with E-state index in [9.17, 15) is 13.5 Å². The Morgan fingerprint density at radius 3 is 1.93 bits per heavy atom. The third kappa shape index (κ3) is 6.26. The molecule has 2 atom stereocenters. The van der Waals surface area contributed by atoms with Gasteiger partial charge in [0.2, 0.25) is 15.8 Å². The van der Waals surface area contributed by atoms with Crippen LogP contribution in [-0.4, -0.2) is 24.9 Å². The van der Waals surface area contributed by atoms with E-state index < -0.39 is 27.3 Å². The number of unbranched alkanes of at least 4 members (excludes halogenated alkanes) is 4. The highest BCUT2D eigenvalue weighted by Crippen LogP contribution is 2.41. The fourth-order valence-electron chi connectivity index (χ4n) is 3.61. The van der Waals surface area contributed by atoms with Gasteiger partial charge in [-0.25, -0.2) is 12.8 Å². The largest absolute Gasteiger partial charge is 0.385 e. The quantitative estimate of drug-likeness (QED) is 0.308. The summed E-state index contributed by atoms with van der Waals surface area (Å²) in [5.74, 6) is -3.10. The predicted molar refractivity (Wildman–Crippen MR) is 113 cm³/mol. The Labute approximate surface area is 171 Å². The first-order valence-electron chi connectivity index (χ1n) is 10.7. The lowest BCUT2D eigenvalue weighted by atomic mass is 9.75. The SMILES string of the molecule is CCCCCC(O)(CCCCC)[C@](F)(NS(=O)(=O)c1ccccc1)[C@@H](C)CC. The molecule has 1 aromatic rings. The lowest BCUT2D eigenvalue weighted by molar-refractivity contribution is -0.149. The highest BCUT2D eigenvalue weighted by Gasteiger charge is 2.55. The van der Waals surface area contributed by atoms with Crippen molar-refractivity contribution >= 4 is 10.0 Å². The molecule has 6 heteroatoms. The summed E-state index contributed by atoms with van der Waals surface area (Å²) in [5.41, 5.74) is -1.74. The first-order chi connectivity index (χ1) is 13.2. The molecule has 1 rings (SSSR count). The van der Waals surface area contributed by atoms with Crippen LogP contribution in [-0.2, 0) is 10.0 Å². The zero-order chi connectivity index (χ0) is 21.3. The Balaban J connectivity index is 3.30. The summed E-state index contributed by atoms with van der Waals surface area (Å²) in [6, 6.07) is 7.79. The summed E-state index contributed by atoms with van der Waals surface area (Å²) < 4.78 is 44.6. The van der Waals surface area contributed by atoms with Crippen LogP contribution in [0.5, 0.6) is 0 Å². The second kappa shape index (κ2) is 11.3. The molecule has 0 spiro atoms. The molecular weight excluding hydrogens is 377 g/mol. The van der Waals surface area contributed by atoms with E-state index in [-0.39, 0.29) is 17.7 Å². The summed E-state index contributed by atoms with van der Waals surface area (Å²) in [4.78, 5) is 0.00444. The van der Waals surface area contributed by atoms with Gasteiger partial charge in [-0.3, -0.25) is 0 Å². The molecule has 0 unspecified atom stereocenters. The van der Waals surface area contributed by atoms with Crippen molar-refractivity contribution in [3.63, 3.8) is 0 Å². The number of halogens is 1. The summed E-state index contributed by atoms with van der Waals surface area (Å²) in [6.07, 6.45) is 5.86. The Kier molecular flexibility index (Phi) is 10.1. The second-order valence-corrected chi connectivity index (χ2v) is 9.57. The van der Waals surface area contributed by atoms with Crippen LogP contribution in [0.2, 0.25) is 0 Å². The predicted octanol–water partition coefficient (Wildman–Crippen LogP) is 5.57. The second-order valence-electron chi connectivity index (χ2n) is 7.89. The molecule has 0 radical (unpaired) electrons. The minimum atomic E-state index is -4.10. The van der Waals surface area contributed by atoms with E-state index >= 15 is 4.39 Å². The smallest absolute Gasteiger partial charge is 0.243 e. The van der Waals surface area contributed by atoms with E-state index in [1.807, 2.05) is 20.8 Å². The Bertz CT molecular complexity index is 656. The zero-order valence-corrected chi connectivity index (χ0v) is 18.7. The molecule has 0 saturated carbocycles. The molecule has 2 N–H and O–H groups in total. The van der Waals surface area contributed by atoms with Crippen LogP contribution in [0, 0.1) is 5.92 Å². The van der Waals surface area contributed by atoms with Crippen LogP contribution in [0.4, 0.5) is 4.39 Å². The van der Waals surface area contributed by atoms with Gasteiger partial charge in [0.05, 0.1) is 4.90 Å². The maximum absolute atomic E-state index is 16.5. The molecule has 0 aromatic heterocycles. The van der Waals surface area contributed by atoms with E-state index in [2.05, 4.69) is 4.72 Å². The number of alkyl halides is 1. The van der Waals surface area contributed by atoms with Gasteiger partial charge in [0.15, 0.2) is 0 Å². The van der Waals surface area contributed by atoms with Crippen LogP contribution in [0.3, 0.4) is 0 Å². The van der Waals surface area contributed by atoms with Crippen LogP contribution >= 0.6 is 0 Å². The fourth-order valence-corrected chi connectivity index (χ4v) is 5.03. The number of hydrogen-bond donors (Lipinski definition) is 2. The van der Waals surface area contributed by atoms with Crippen molar-refractivity contribution in [2.45, 2.75) is 102 Å². The average Bonchev–Trinajstić information content (AvgIpc) is 2.68. The number of benzene rings is 1. The van der Waals surface area contributed by atoms with Gasteiger partial charge >= 0.3 is 0 Å². The van der Waals surface area contributed by atoms with Crippen LogP contribution in [0.1, 0.15) is 85.5 Å². The molecule has 0 heterocycles. The molecule has 1 aromatic carbocycles. The standard InChI is InChI=1S/C22H38FNO3S/c1-5-8-13-17-21(25,18-14-9-6-2)22(23,19(4)7-3)24-28(26,27)20-15-11-10-12-16-20/h10-12,15-16,19,24-25H,5-9,13-14,17-18H2,1-4H3/t19-,22+/m0/s1. The number of aliphatic hydroxyl groups is 1. The minimum Gasteiger partial charge on any atom is -0.385 e. The van der Waals surface area contributed by atoms with Crippen molar-refractivity contribution in [2.24, 2.45) is 5.92 Å². The molecule has 0 aliphatic heterocycles. The third-order valence-corrected chi connectivity index (χ3v) is 7.15. The Morgan fingerprint density at radius 1 is 1.00 bits per heavy atom. The molecule has 162 valence electrons. The topological polar surface area (TPSA) is 66.4 Å². The summed E-state index contributed by atoms with van der Waals surface area (Å²) in [6.45, 7) is 7.57. The van der Waals surface area contributed by atoms with E-state index in [1.54, 1.807) is 25.1 Å². The first-order valence-corrected chi connectivity index (χ1v) is 12.2. The van der Waals surface area contributed by atoms with Gasteiger partial charge in [-0.1, -0.05) is 84.4 Å². The van der Waals surface area contributed by atoms with Gasteiger partial charge in [-0.15, -0.1) is 0 Å². The summed E-state index contributed by atoms with van der Waals surface area (Å²) in [5, 5.41) is 11.5. The zero-order valence-electron chi connectivity index (χ0n) is 17.9. The van der Waals surface area contributed by atoms with Gasteiger partial charge in [0.25, 0.3) is 0 Å². The summed E-state index contributed by atoms with van der Waals surface area (Å²) in [7, 11) is -4.10. The molecular formula is C22H38FNO3S. The van der Waals surface area contributed by atoms with Gasteiger partial charge in [-0.2, -0.15) is 4.72 Å². The van der Waals surface area contributed by atoms with Gasteiger partial charge < -0.3 is 5.11 Å². The van der Waals surface area contributed by atoms with Crippen molar-refractivity contribution in [3.05, 3.63) is 30.3 Å². The number of nitrogens with one attached hydrogen (secondary N) is 1. The molecule has 0 fully saturated rings. The number of sulfonamides is 1. The van der Waals surface area contributed by atoms with Crippen molar-refractivity contribution in [2.75, 3.05) is 0 Å². The van der Waals surface area contributed by atoms with Crippen LogP contribution in [0.15, 0.2) is 35.2 Å². The van der Waals surface area contributed by atoms with E-state index in [4.69, 9.17) is 0 Å². The van der Waals surface area contributed by atoms with E-state index in [1.165, 1.54) is 12.1 Å². The Morgan fingerprint density at radius 2 is 1.50 bits per heavy atom. The van der Waals surface area contributed by atoms with Gasteiger partial charge in [0.1, 0.15) is 5.60 Å². The lowest BCUT2D eigenvalue weighted by Crippen LogP contribution is -2.64. The van der Waals surface area contributed by atoms with Crippen LogP contribution in [0.25, 0.3) is 0 Å². The number of rotatable bonds is 14. The van der Waals surface area contributed by atoms with E-state index in [0.29, 0.717) is 19.3 Å². The molecule has 0 amide bonds. The molecule has 28 heavy (non-hydrogen) atoms. The summed E-state index contributed by atoms with van der Waals surface area (Å²) >= 11 is 0. The number of hydrogen-bond acceptors (Lipinski definition) is 3. The first kappa shape index (κ1) is 25.1. The minimum absolute atomic E-state index is 0.00444. The molecule has 4 nitrogen and oxygen atoms in total. The van der Waals surface area contributed by atoms with Crippen molar-refractivity contribution in [1.82, 2.24) is 4.72 Å². The lowest BCUT2D eigenvalue weighted by Gasteiger charge is -2.45. The normalized spacial score (nSPS) is 15.9. The highest BCUT2D eigenvalue weighted by atomic mass is 32.2. The average molecular weight is 416 g/mol. The molecule has 0 aliphatic rings. The molecule has 0 aliphatic carbocycles. The van der Waals surface area contributed by atoms with Crippen molar-refractivity contribution in [1.29, 1.82) is 0 Å². The van der Waals surface area contributed by atoms with Gasteiger partial charge in [-0.05, 0) is 31.4 Å². The van der Waals surface area contributed by atoms with Gasteiger partial charge in [0, 0.05) is 5.92 Å². The highest BCUT2D eigenvalue weighted by molar-refractivity contribution is 7.89. The third-order valence-electron chi connectivity index (χ3n) is 5.69. The fraction of sp³-hybridized carbons (Fsp3) is 0.727. The molecule has 0 bridgehead atoms. The maximum atomic E-state index is 16.5. The van der Waals surface area contributed by atoms with Crippen molar-refractivity contribution < 1.29 is 17.9 Å². The monoisotopic (exact) mass is 415 g/mol. The van der Waals surface area contributed by atoms with Crippen LogP contribution < -0.4 is 4.72 Å². The van der Waals surface area contributed by atoms with E-state index in [0.717, 1.165) is 25.7 Å². The Hall–Kier alpha value is -0.980. The maximum Gasteiger partial charge on any atom is 0.243 e.